The lowest BCUT2D eigenvalue weighted by molar-refractivity contribution is -0.334. The molecule has 0 aromatic heterocycles. The Morgan fingerprint density at radius 2 is 1.10 bits per heavy atom. The van der Waals surface area contributed by atoms with Crippen molar-refractivity contribution in [2.75, 3.05) is 0 Å². The number of hydrogen-bond donors (Lipinski definition) is 0. The Balaban J connectivity index is 6.26. The highest BCUT2D eigenvalue weighted by Crippen LogP contribution is 2.56. The lowest BCUT2D eigenvalue weighted by Gasteiger charge is -2.37. The van der Waals surface area contributed by atoms with E-state index in [9.17, 15) is 52.7 Å². The number of hydrogen-bond acceptors (Lipinski definition) is 0. The van der Waals surface area contributed by atoms with Gasteiger partial charge in [0, 0.05) is 0 Å². The zero-order valence-electron chi connectivity index (χ0n) is 9.11. The fourth-order valence-electron chi connectivity index (χ4n) is 1.09. The van der Waals surface area contributed by atoms with Crippen molar-refractivity contribution < 1.29 is 52.7 Å². The second-order valence-corrected chi connectivity index (χ2v) is 3.62. The van der Waals surface area contributed by atoms with Crippen LogP contribution in [0.5, 0.6) is 0 Å². The maximum absolute atomic E-state index is 13.2. The van der Waals surface area contributed by atoms with Crippen LogP contribution in [0, 0.1) is 5.92 Å². The van der Waals surface area contributed by atoms with Crippen molar-refractivity contribution in [3.05, 3.63) is 11.9 Å². The van der Waals surface area contributed by atoms with Gasteiger partial charge in [0.25, 0.3) is 0 Å². The minimum Gasteiger partial charge on any atom is -0.219 e. The van der Waals surface area contributed by atoms with Crippen molar-refractivity contribution >= 4 is 0 Å². The lowest BCUT2D eigenvalue weighted by atomic mass is 9.86. The van der Waals surface area contributed by atoms with E-state index in [4.69, 9.17) is 0 Å². The van der Waals surface area contributed by atoms with E-state index in [-0.39, 0.29) is 0 Å². The van der Waals surface area contributed by atoms with E-state index in [0.717, 1.165) is 0 Å². The fraction of sp³-hybridized carbons (Fsp3) is 0.750. The Morgan fingerprint density at radius 1 is 0.750 bits per heavy atom. The first-order valence-electron chi connectivity index (χ1n) is 4.42. The maximum atomic E-state index is 13.2. The number of rotatable bonds is 3. The summed E-state index contributed by atoms with van der Waals surface area (Å²) >= 11 is 0. The van der Waals surface area contributed by atoms with Crippen LogP contribution in [0.2, 0.25) is 0 Å². The normalized spacial score (nSPS) is 18.4. The van der Waals surface area contributed by atoms with Crippen LogP contribution in [0.1, 0.15) is 6.92 Å². The van der Waals surface area contributed by atoms with E-state index in [2.05, 4.69) is 0 Å². The van der Waals surface area contributed by atoms with Crippen LogP contribution in [-0.2, 0) is 0 Å². The van der Waals surface area contributed by atoms with E-state index < -0.39 is 48.7 Å². The summed E-state index contributed by atoms with van der Waals surface area (Å²) in [6, 6.07) is 0. The molecule has 0 rings (SSSR count). The van der Waals surface area contributed by atoms with Crippen molar-refractivity contribution in [1.82, 2.24) is 0 Å². The molecule has 0 aliphatic heterocycles. The topological polar surface area (TPSA) is 0 Å². The molecule has 120 valence electrons. The number of halogens is 12. The molecule has 0 spiro atoms. The molecule has 0 heterocycles. The van der Waals surface area contributed by atoms with E-state index >= 15 is 0 Å². The summed E-state index contributed by atoms with van der Waals surface area (Å²) in [6.45, 7) is -0.594. The Bertz CT molecular complexity index is 383. The number of allylic oxidation sites excluding steroid dienone is 1. The summed E-state index contributed by atoms with van der Waals surface area (Å²) in [5.74, 6) is -15.2. The standard InChI is InChI=1S/C8H4F12/c1-2(7(15,16)17)6(13,14)5(12,8(18,19)20)3(9)4(10)11/h2H,1H3. The molecule has 0 fully saturated rings. The van der Waals surface area contributed by atoms with E-state index in [0.29, 0.717) is 0 Å². The predicted molar refractivity (Wildman–Crippen MR) is 40.4 cm³/mol. The highest BCUT2D eigenvalue weighted by molar-refractivity contribution is 5.21. The van der Waals surface area contributed by atoms with Gasteiger partial charge in [-0.1, -0.05) is 0 Å². The largest absolute Gasteiger partial charge is 0.435 e. The monoisotopic (exact) mass is 328 g/mol. The van der Waals surface area contributed by atoms with Crippen molar-refractivity contribution in [3.63, 3.8) is 0 Å². The van der Waals surface area contributed by atoms with Crippen LogP contribution in [0.3, 0.4) is 0 Å². The summed E-state index contributed by atoms with van der Waals surface area (Å²) in [7, 11) is 0. The third-order valence-corrected chi connectivity index (χ3v) is 2.35. The summed E-state index contributed by atoms with van der Waals surface area (Å²) in [6.07, 6.45) is -17.3. The van der Waals surface area contributed by atoms with Crippen molar-refractivity contribution in [2.24, 2.45) is 5.92 Å². The molecule has 2 atom stereocenters. The summed E-state index contributed by atoms with van der Waals surface area (Å²) in [5.41, 5.74) is -6.80. The molecule has 0 aliphatic carbocycles. The Kier molecular flexibility index (Phi) is 4.75. The first-order chi connectivity index (χ1) is 8.51. The van der Waals surface area contributed by atoms with E-state index in [1.807, 2.05) is 0 Å². The summed E-state index contributed by atoms with van der Waals surface area (Å²) in [5, 5.41) is 0. The van der Waals surface area contributed by atoms with Gasteiger partial charge in [0.15, 0.2) is 0 Å². The molecule has 0 aromatic rings. The molecule has 12 heteroatoms. The third-order valence-electron chi connectivity index (χ3n) is 2.35. The second kappa shape index (κ2) is 5.02. The average Bonchev–Trinajstić information content (AvgIpc) is 2.22. The van der Waals surface area contributed by atoms with Gasteiger partial charge < -0.3 is 0 Å². The molecule has 0 radical (unpaired) electrons. The molecule has 2 unspecified atom stereocenters. The fourth-order valence-corrected chi connectivity index (χ4v) is 1.09. The van der Waals surface area contributed by atoms with Crippen LogP contribution in [0.15, 0.2) is 11.9 Å². The molecule has 20 heavy (non-hydrogen) atoms. The van der Waals surface area contributed by atoms with Gasteiger partial charge in [-0.15, -0.1) is 0 Å². The van der Waals surface area contributed by atoms with Crippen LogP contribution in [0.25, 0.3) is 0 Å². The molecule has 0 nitrogen and oxygen atoms in total. The Hall–Kier alpha value is -1.10. The minimum atomic E-state index is -7.04. The smallest absolute Gasteiger partial charge is 0.219 e. The third kappa shape index (κ3) is 2.82. The van der Waals surface area contributed by atoms with Crippen molar-refractivity contribution in [2.45, 2.75) is 30.9 Å². The van der Waals surface area contributed by atoms with Crippen LogP contribution >= 0.6 is 0 Å². The van der Waals surface area contributed by atoms with Gasteiger partial charge >= 0.3 is 30.0 Å². The zero-order valence-corrected chi connectivity index (χ0v) is 9.11. The van der Waals surface area contributed by atoms with Gasteiger partial charge in [-0.05, 0) is 6.92 Å². The highest BCUT2D eigenvalue weighted by atomic mass is 19.4. The van der Waals surface area contributed by atoms with Gasteiger partial charge in [0.2, 0.25) is 5.83 Å². The molecule has 0 N–H and O–H groups in total. The Labute approximate surface area is 103 Å². The molecule has 0 aromatic carbocycles. The quantitative estimate of drug-likeness (QED) is 0.627. The SMILES string of the molecule is CC(C(F)(F)F)C(F)(F)C(F)(C(F)=C(F)F)C(F)(F)F. The van der Waals surface area contributed by atoms with Crippen LogP contribution < -0.4 is 0 Å². The Morgan fingerprint density at radius 3 is 1.30 bits per heavy atom. The second-order valence-electron chi connectivity index (χ2n) is 3.62. The molecular formula is C8H4F12. The average molecular weight is 328 g/mol. The van der Waals surface area contributed by atoms with Gasteiger partial charge in [0.1, 0.15) is 5.92 Å². The zero-order chi connectivity index (χ0) is 16.7. The van der Waals surface area contributed by atoms with Gasteiger partial charge in [-0.25, -0.2) is 17.6 Å². The first kappa shape index (κ1) is 18.9. The molecular weight excluding hydrogens is 324 g/mol. The predicted octanol–water partition coefficient (Wildman–Crippen LogP) is 5.17. The highest BCUT2D eigenvalue weighted by Gasteiger charge is 2.79. The summed E-state index contributed by atoms with van der Waals surface area (Å²) < 4.78 is 148. The van der Waals surface area contributed by atoms with E-state index in [1.165, 1.54) is 0 Å². The van der Waals surface area contributed by atoms with Gasteiger partial charge in [0.05, 0.1) is 0 Å². The van der Waals surface area contributed by atoms with Crippen molar-refractivity contribution in [3.8, 4) is 0 Å². The van der Waals surface area contributed by atoms with Gasteiger partial charge in [-0.2, -0.15) is 35.1 Å². The molecule has 0 aliphatic rings. The lowest BCUT2D eigenvalue weighted by Crippen LogP contribution is -2.61. The number of alkyl halides is 9. The van der Waals surface area contributed by atoms with Crippen LogP contribution in [-0.4, -0.2) is 23.9 Å². The van der Waals surface area contributed by atoms with Gasteiger partial charge in [-0.3, -0.25) is 0 Å². The minimum absolute atomic E-state index is 0.594. The first-order valence-corrected chi connectivity index (χ1v) is 4.42. The maximum Gasteiger partial charge on any atom is 0.435 e. The van der Waals surface area contributed by atoms with E-state index in [1.54, 1.807) is 0 Å². The van der Waals surface area contributed by atoms with Crippen LogP contribution in [0.4, 0.5) is 52.7 Å². The molecule has 0 bridgehead atoms. The molecule has 0 saturated carbocycles. The van der Waals surface area contributed by atoms with Crippen molar-refractivity contribution in [1.29, 1.82) is 0 Å². The molecule has 0 amide bonds. The summed E-state index contributed by atoms with van der Waals surface area (Å²) in [4.78, 5) is 0. The molecule has 0 saturated heterocycles.